The molecule has 2 aromatic heterocycles. The highest BCUT2D eigenvalue weighted by Crippen LogP contribution is 2.37. The molecule has 1 amide bonds. The number of aromatic nitrogens is 3. The predicted molar refractivity (Wildman–Crippen MR) is 125 cm³/mol. The average Bonchev–Trinajstić information content (AvgIpc) is 3.32. The van der Waals surface area contributed by atoms with Gasteiger partial charge in [0.15, 0.2) is 11.2 Å². The maximum atomic E-state index is 16.0. The normalized spacial score (nSPS) is 18.6. The van der Waals surface area contributed by atoms with Gasteiger partial charge in [0.2, 0.25) is 5.91 Å². The topological polar surface area (TPSA) is 63.4 Å². The number of carbonyl (C=O) groups excluding carboxylic acids is 1. The highest BCUT2D eigenvalue weighted by molar-refractivity contribution is 5.78. The molecule has 0 bridgehead atoms. The van der Waals surface area contributed by atoms with Crippen molar-refractivity contribution in [2.75, 3.05) is 13.1 Å². The molecule has 0 saturated carbocycles. The van der Waals surface area contributed by atoms with Crippen LogP contribution in [0.3, 0.4) is 0 Å². The maximum Gasteiger partial charge on any atom is 0.266 e. The Morgan fingerprint density at radius 2 is 1.89 bits per heavy atom. The lowest BCUT2D eigenvalue weighted by molar-refractivity contribution is -0.131. The second-order valence-corrected chi connectivity index (χ2v) is 9.52. The van der Waals surface area contributed by atoms with E-state index in [-0.39, 0.29) is 30.0 Å². The number of hydrogen-bond acceptors (Lipinski definition) is 4. The summed E-state index contributed by atoms with van der Waals surface area (Å²) < 4.78 is 59.3. The average molecular weight is 502 g/mol. The van der Waals surface area contributed by atoms with E-state index >= 15 is 4.39 Å². The van der Waals surface area contributed by atoms with E-state index in [2.05, 4.69) is 9.98 Å². The largest absolute Gasteiger partial charge is 0.343 e. The summed E-state index contributed by atoms with van der Waals surface area (Å²) in [6.07, 6.45) is 0.577. The first kappa shape index (κ1) is 24.4. The van der Waals surface area contributed by atoms with Crippen LogP contribution >= 0.6 is 0 Å². The lowest BCUT2D eigenvalue weighted by atomic mass is 9.89. The van der Waals surface area contributed by atoms with Gasteiger partial charge in [0.25, 0.3) is 6.43 Å². The molecular weight excluding hydrogens is 474 g/mol. The molecule has 1 fully saturated rings. The van der Waals surface area contributed by atoms with Gasteiger partial charge in [-0.25, -0.2) is 22.5 Å². The Bertz CT molecular complexity index is 1400. The van der Waals surface area contributed by atoms with Crippen LogP contribution < -0.4 is 5.49 Å². The molecule has 1 aromatic carbocycles. The molecule has 1 saturated heterocycles. The fourth-order valence-corrected chi connectivity index (χ4v) is 5.15. The van der Waals surface area contributed by atoms with Crippen LogP contribution in [0.15, 0.2) is 35.5 Å². The molecule has 0 radical (unpaired) electrons. The third kappa shape index (κ3) is 4.26. The summed E-state index contributed by atoms with van der Waals surface area (Å²) in [5, 5.41) is 0.578. The number of piperidine rings is 1. The zero-order valence-corrected chi connectivity index (χ0v) is 20.1. The Morgan fingerprint density at radius 1 is 1.17 bits per heavy atom. The molecule has 0 aliphatic carbocycles. The summed E-state index contributed by atoms with van der Waals surface area (Å²) in [7, 11) is 0. The van der Waals surface area contributed by atoms with Crippen LogP contribution in [0.1, 0.15) is 68.2 Å². The zero-order valence-electron chi connectivity index (χ0n) is 20.1. The summed E-state index contributed by atoms with van der Waals surface area (Å²) in [5.74, 6) is -0.265. The summed E-state index contributed by atoms with van der Waals surface area (Å²) in [6, 6.07) is 4.74. The molecule has 0 unspecified atom stereocenters. The Morgan fingerprint density at radius 3 is 2.58 bits per heavy atom. The Kier molecular flexibility index (Phi) is 6.30. The molecule has 6 nitrogen and oxygen atoms in total. The van der Waals surface area contributed by atoms with Crippen molar-refractivity contribution in [1.82, 2.24) is 19.4 Å². The highest BCUT2D eigenvalue weighted by Gasteiger charge is 2.38. The van der Waals surface area contributed by atoms with E-state index in [4.69, 9.17) is 4.98 Å². The number of nitrogens with zero attached hydrogens (tertiary/aromatic N) is 5. The maximum absolute atomic E-state index is 16.0. The standard InChI is InChI=1S/C26H27F4N5O/c1-15(17-5-3-6-18(23(17)27)24(28)29)32-25-19-13-21(26(30)8-11-34(12-9-26)16(2)36)31-14-20(19)35-10-4-7-22(35)33-25/h3,5-6,13-15,24H,4,7-12H2,1-2H3/t15-/m1/s1. The molecule has 10 heteroatoms. The molecule has 0 N–H and O–H groups in total. The molecule has 36 heavy (non-hydrogen) atoms. The van der Waals surface area contributed by atoms with Crippen molar-refractivity contribution in [2.24, 2.45) is 4.99 Å². The molecule has 4 heterocycles. The number of alkyl halides is 3. The Balaban J connectivity index is 1.61. The first-order valence-electron chi connectivity index (χ1n) is 12.1. The fraction of sp³-hybridized carbons (Fsp3) is 0.462. The van der Waals surface area contributed by atoms with Gasteiger partial charge in [0.1, 0.15) is 11.6 Å². The monoisotopic (exact) mass is 501 g/mol. The number of fused-ring (bicyclic) bond motifs is 3. The van der Waals surface area contributed by atoms with Gasteiger partial charge in [0.05, 0.1) is 29.0 Å². The molecule has 1 atom stereocenters. The zero-order chi connectivity index (χ0) is 25.6. The van der Waals surface area contributed by atoms with Gasteiger partial charge in [0, 0.05) is 56.8 Å². The molecule has 0 spiro atoms. The predicted octanol–water partition coefficient (Wildman–Crippen LogP) is 4.92. The van der Waals surface area contributed by atoms with Crippen LogP contribution in [-0.4, -0.2) is 38.4 Å². The molecular formula is C26H27F4N5O. The molecule has 3 aromatic rings. The van der Waals surface area contributed by atoms with Crippen molar-refractivity contribution < 1.29 is 22.4 Å². The number of halogens is 4. The lowest BCUT2D eigenvalue weighted by Crippen LogP contribution is -2.42. The van der Waals surface area contributed by atoms with Crippen molar-refractivity contribution in [3.63, 3.8) is 0 Å². The number of carbonyl (C=O) groups is 1. The number of amides is 1. The van der Waals surface area contributed by atoms with Crippen LogP contribution in [0.4, 0.5) is 17.6 Å². The summed E-state index contributed by atoms with van der Waals surface area (Å²) in [5.41, 5.74) is -1.03. The first-order chi connectivity index (χ1) is 17.2. The van der Waals surface area contributed by atoms with Crippen LogP contribution in [-0.2, 0) is 23.4 Å². The molecule has 2 aliphatic rings. The van der Waals surface area contributed by atoms with Crippen molar-refractivity contribution >= 4 is 16.8 Å². The van der Waals surface area contributed by atoms with Crippen molar-refractivity contribution in [3.05, 3.63) is 64.4 Å². The van der Waals surface area contributed by atoms with E-state index in [0.29, 0.717) is 24.0 Å². The van der Waals surface area contributed by atoms with Gasteiger partial charge in [-0.05, 0) is 19.4 Å². The number of likely N-dealkylation sites (tertiary alicyclic amines) is 1. The van der Waals surface area contributed by atoms with E-state index in [1.807, 2.05) is 4.57 Å². The van der Waals surface area contributed by atoms with Crippen LogP contribution in [0, 0.1) is 5.82 Å². The SMILES string of the molecule is CC(=O)N1CCC(F)(c2cc3c(=N[C@H](C)c4cccc(C(F)F)c4F)nc4n(c3cn2)CCC4)CC1. The summed E-state index contributed by atoms with van der Waals surface area (Å²) >= 11 is 0. The summed E-state index contributed by atoms with van der Waals surface area (Å²) in [4.78, 5) is 27.1. The Hall–Kier alpha value is -3.30. The molecule has 5 rings (SSSR count). The van der Waals surface area contributed by atoms with Crippen molar-refractivity contribution in [1.29, 1.82) is 0 Å². The van der Waals surface area contributed by atoms with Crippen LogP contribution in [0.25, 0.3) is 10.9 Å². The van der Waals surface area contributed by atoms with Crippen molar-refractivity contribution in [2.45, 2.75) is 64.2 Å². The quantitative estimate of drug-likeness (QED) is 0.477. The molecule has 190 valence electrons. The number of hydrogen-bond donors (Lipinski definition) is 0. The minimum Gasteiger partial charge on any atom is -0.343 e. The minimum absolute atomic E-state index is 0.0451. The van der Waals surface area contributed by atoms with E-state index in [9.17, 15) is 18.0 Å². The summed E-state index contributed by atoms with van der Waals surface area (Å²) in [6.45, 7) is 4.44. The van der Waals surface area contributed by atoms with Gasteiger partial charge >= 0.3 is 0 Å². The van der Waals surface area contributed by atoms with Gasteiger partial charge in [-0.1, -0.05) is 18.2 Å². The van der Waals surface area contributed by atoms with E-state index < -0.39 is 29.5 Å². The van der Waals surface area contributed by atoms with E-state index in [1.165, 1.54) is 19.1 Å². The highest BCUT2D eigenvalue weighted by atomic mass is 19.3. The van der Waals surface area contributed by atoms with Gasteiger partial charge in [-0.2, -0.15) is 0 Å². The third-order valence-electron chi connectivity index (χ3n) is 7.26. The van der Waals surface area contributed by atoms with Gasteiger partial charge in [-0.15, -0.1) is 0 Å². The smallest absolute Gasteiger partial charge is 0.266 e. The first-order valence-corrected chi connectivity index (χ1v) is 12.1. The third-order valence-corrected chi connectivity index (χ3v) is 7.26. The number of benzene rings is 1. The van der Waals surface area contributed by atoms with Crippen molar-refractivity contribution in [3.8, 4) is 0 Å². The lowest BCUT2D eigenvalue weighted by Gasteiger charge is -2.35. The van der Waals surface area contributed by atoms with Gasteiger partial charge < -0.3 is 9.47 Å². The Labute approximate surface area is 205 Å². The van der Waals surface area contributed by atoms with E-state index in [1.54, 1.807) is 24.1 Å². The van der Waals surface area contributed by atoms with Crippen LogP contribution in [0.2, 0.25) is 0 Å². The van der Waals surface area contributed by atoms with Crippen LogP contribution in [0.5, 0.6) is 0 Å². The second-order valence-electron chi connectivity index (χ2n) is 9.52. The number of aryl methyl sites for hydroxylation is 2. The minimum atomic E-state index is -2.93. The molecule has 2 aliphatic heterocycles. The number of pyridine rings is 1. The fourth-order valence-electron chi connectivity index (χ4n) is 5.15. The second kappa shape index (κ2) is 9.29. The number of rotatable bonds is 4. The van der Waals surface area contributed by atoms with Gasteiger partial charge in [-0.3, -0.25) is 14.8 Å². The van der Waals surface area contributed by atoms with E-state index in [0.717, 1.165) is 36.8 Å².